The van der Waals surface area contributed by atoms with E-state index in [0.29, 0.717) is 5.69 Å². The smallest absolute Gasteiger partial charge is 0.304 e. The molecule has 1 aromatic carbocycles. The summed E-state index contributed by atoms with van der Waals surface area (Å²) >= 11 is 1.43. The number of nitrogens with zero attached hydrogens (tertiary/aromatic N) is 1. The molecule has 2 N–H and O–H groups in total. The van der Waals surface area contributed by atoms with E-state index < -0.39 is 16.2 Å². The van der Waals surface area contributed by atoms with Crippen molar-refractivity contribution < 1.29 is 18.3 Å². The maximum absolute atomic E-state index is 12.0. The van der Waals surface area contributed by atoms with E-state index in [1.54, 1.807) is 18.2 Å². The van der Waals surface area contributed by atoms with E-state index in [9.17, 15) is 13.2 Å². The first-order valence-corrected chi connectivity index (χ1v) is 8.12. The molecule has 8 heteroatoms. The fourth-order valence-corrected chi connectivity index (χ4v) is 2.88. The van der Waals surface area contributed by atoms with E-state index in [4.69, 9.17) is 5.11 Å². The third kappa shape index (κ3) is 4.73. The molecule has 0 radical (unpaired) electrons. The summed E-state index contributed by atoms with van der Waals surface area (Å²) in [5.74, 6) is -1.04. The summed E-state index contributed by atoms with van der Waals surface area (Å²) in [4.78, 5) is 11.2. The highest BCUT2D eigenvalue weighted by Gasteiger charge is 2.19. The fraction of sp³-hybridized carbons (Fsp3) is 0.364. The lowest BCUT2D eigenvalue weighted by atomic mass is 10.3. The maximum atomic E-state index is 12.0. The Morgan fingerprint density at radius 3 is 2.63 bits per heavy atom. The SMILES string of the molecule is CSc1ccccc1NS(=O)(=O)N(C)CCC(=O)O. The van der Waals surface area contributed by atoms with Crippen molar-refractivity contribution in [1.29, 1.82) is 0 Å². The minimum atomic E-state index is -3.73. The minimum absolute atomic E-state index is 0.0773. The summed E-state index contributed by atoms with van der Waals surface area (Å²) in [6.07, 6.45) is 1.61. The van der Waals surface area contributed by atoms with E-state index in [1.165, 1.54) is 18.8 Å². The van der Waals surface area contributed by atoms with Gasteiger partial charge in [-0.15, -0.1) is 11.8 Å². The molecule has 0 aliphatic heterocycles. The third-order valence-electron chi connectivity index (χ3n) is 2.40. The number of hydrogen-bond donors (Lipinski definition) is 2. The average molecular weight is 304 g/mol. The van der Waals surface area contributed by atoms with Gasteiger partial charge in [-0.25, -0.2) is 0 Å². The Kier molecular flexibility index (Phi) is 5.64. The monoisotopic (exact) mass is 304 g/mol. The van der Waals surface area contributed by atoms with Crippen molar-refractivity contribution in [1.82, 2.24) is 4.31 Å². The van der Waals surface area contributed by atoms with Gasteiger partial charge in [0.15, 0.2) is 0 Å². The first kappa shape index (κ1) is 15.8. The van der Waals surface area contributed by atoms with Gasteiger partial charge in [-0.1, -0.05) is 12.1 Å². The molecule has 0 saturated heterocycles. The van der Waals surface area contributed by atoms with E-state index in [2.05, 4.69) is 4.72 Å². The fourth-order valence-electron chi connectivity index (χ4n) is 1.32. The van der Waals surface area contributed by atoms with Gasteiger partial charge in [-0.05, 0) is 18.4 Å². The summed E-state index contributed by atoms with van der Waals surface area (Å²) in [6.45, 7) is -0.0773. The van der Waals surface area contributed by atoms with Gasteiger partial charge in [0.1, 0.15) is 0 Å². The van der Waals surface area contributed by atoms with Gasteiger partial charge in [-0.2, -0.15) is 12.7 Å². The van der Waals surface area contributed by atoms with E-state index in [1.807, 2.05) is 12.3 Å². The zero-order valence-corrected chi connectivity index (χ0v) is 12.3. The highest BCUT2D eigenvalue weighted by Crippen LogP contribution is 2.25. The Morgan fingerprint density at radius 1 is 1.42 bits per heavy atom. The maximum Gasteiger partial charge on any atom is 0.304 e. The third-order valence-corrected chi connectivity index (χ3v) is 4.67. The highest BCUT2D eigenvalue weighted by atomic mass is 32.2. The molecule has 6 nitrogen and oxygen atoms in total. The number of benzene rings is 1. The van der Waals surface area contributed by atoms with Crippen LogP contribution in [0.4, 0.5) is 5.69 Å². The molecule has 0 unspecified atom stereocenters. The Morgan fingerprint density at radius 2 is 2.05 bits per heavy atom. The summed E-state index contributed by atoms with van der Waals surface area (Å²) in [5.41, 5.74) is 0.483. The van der Waals surface area contributed by atoms with Crippen LogP contribution in [0.5, 0.6) is 0 Å². The molecule has 0 atom stereocenters. The van der Waals surface area contributed by atoms with E-state index >= 15 is 0 Å². The van der Waals surface area contributed by atoms with Crippen molar-refractivity contribution in [3.63, 3.8) is 0 Å². The first-order chi connectivity index (χ1) is 8.86. The van der Waals surface area contributed by atoms with Gasteiger partial charge < -0.3 is 5.11 Å². The van der Waals surface area contributed by atoms with Crippen molar-refractivity contribution in [2.45, 2.75) is 11.3 Å². The van der Waals surface area contributed by atoms with Gasteiger partial charge in [0.2, 0.25) is 0 Å². The lowest BCUT2D eigenvalue weighted by Crippen LogP contribution is -2.34. The van der Waals surface area contributed by atoms with Crippen LogP contribution >= 0.6 is 11.8 Å². The number of hydrogen-bond acceptors (Lipinski definition) is 4. The molecule has 0 saturated carbocycles. The van der Waals surface area contributed by atoms with Crippen LogP contribution in [-0.4, -0.2) is 43.6 Å². The van der Waals surface area contributed by atoms with Crippen molar-refractivity contribution in [2.24, 2.45) is 0 Å². The number of rotatable bonds is 7. The summed E-state index contributed by atoms with van der Waals surface area (Å²) in [6, 6.07) is 7.01. The van der Waals surface area contributed by atoms with Crippen LogP contribution in [0, 0.1) is 0 Å². The van der Waals surface area contributed by atoms with Crippen LogP contribution < -0.4 is 4.72 Å². The molecule has 0 aliphatic carbocycles. The predicted octanol–water partition coefficient (Wildman–Crippen LogP) is 1.47. The molecule has 0 spiro atoms. The second-order valence-electron chi connectivity index (χ2n) is 3.77. The Balaban J connectivity index is 2.81. The van der Waals surface area contributed by atoms with Crippen LogP contribution in [0.1, 0.15) is 6.42 Å². The predicted molar refractivity (Wildman–Crippen MR) is 75.6 cm³/mol. The van der Waals surface area contributed by atoms with Crippen LogP contribution in [0.25, 0.3) is 0 Å². The molecule has 0 fully saturated rings. The first-order valence-electron chi connectivity index (χ1n) is 5.45. The number of para-hydroxylation sites is 1. The van der Waals surface area contributed by atoms with Gasteiger partial charge in [0, 0.05) is 18.5 Å². The Bertz CT molecular complexity index is 545. The largest absolute Gasteiger partial charge is 0.481 e. The lowest BCUT2D eigenvalue weighted by molar-refractivity contribution is -0.137. The normalized spacial score (nSPS) is 11.5. The van der Waals surface area contributed by atoms with Gasteiger partial charge in [-0.3, -0.25) is 9.52 Å². The number of carboxylic acids is 1. The molecule has 0 aliphatic rings. The molecule has 0 aromatic heterocycles. The number of thioether (sulfide) groups is 1. The summed E-state index contributed by atoms with van der Waals surface area (Å²) in [5, 5.41) is 8.55. The second kappa shape index (κ2) is 6.78. The summed E-state index contributed by atoms with van der Waals surface area (Å²) < 4.78 is 27.4. The standard InChI is InChI=1S/C11H16N2O4S2/c1-13(8-7-11(14)15)19(16,17)12-9-5-3-4-6-10(9)18-2/h3-6,12H,7-8H2,1-2H3,(H,14,15). The van der Waals surface area contributed by atoms with Gasteiger partial charge in [0.25, 0.3) is 0 Å². The molecular weight excluding hydrogens is 288 g/mol. The van der Waals surface area contributed by atoms with E-state index in [-0.39, 0.29) is 13.0 Å². The molecule has 0 heterocycles. The van der Waals surface area contributed by atoms with Crippen molar-refractivity contribution in [3.8, 4) is 0 Å². The second-order valence-corrected chi connectivity index (χ2v) is 6.40. The van der Waals surface area contributed by atoms with Crippen LogP contribution in [0.3, 0.4) is 0 Å². The number of nitrogens with one attached hydrogen (secondary N) is 1. The lowest BCUT2D eigenvalue weighted by Gasteiger charge is -2.18. The molecule has 1 aromatic rings. The van der Waals surface area contributed by atoms with Crippen LogP contribution in [0.2, 0.25) is 0 Å². The highest BCUT2D eigenvalue weighted by molar-refractivity contribution is 7.98. The Labute approximate surface area is 117 Å². The minimum Gasteiger partial charge on any atom is -0.481 e. The zero-order chi connectivity index (χ0) is 14.5. The topological polar surface area (TPSA) is 86.7 Å². The molecule has 0 bridgehead atoms. The quantitative estimate of drug-likeness (QED) is 0.745. The Hall–Kier alpha value is -1.25. The number of anilines is 1. The molecule has 0 amide bonds. The van der Waals surface area contributed by atoms with Crippen molar-refractivity contribution in [2.75, 3.05) is 24.6 Å². The van der Waals surface area contributed by atoms with Gasteiger partial charge >= 0.3 is 16.2 Å². The molecule has 19 heavy (non-hydrogen) atoms. The van der Waals surface area contributed by atoms with Crippen molar-refractivity contribution in [3.05, 3.63) is 24.3 Å². The average Bonchev–Trinajstić information content (AvgIpc) is 2.36. The molecular formula is C11H16N2O4S2. The van der Waals surface area contributed by atoms with Crippen LogP contribution in [-0.2, 0) is 15.0 Å². The number of aliphatic carboxylic acids is 1. The zero-order valence-electron chi connectivity index (χ0n) is 10.7. The number of carboxylic acid groups (broad SMARTS) is 1. The van der Waals surface area contributed by atoms with Gasteiger partial charge in [0.05, 0.1) is 12.1 Å². The molecule has 106 valence electrons. The summed E-state index contributed by atoms with van der Waals surface area (Å²) in [7, 11) is -2.39. The number of carbonyl (C=O) groups is 1. The van der Waals surface area contributed by atoms with Crippen molar-refractivity contribution >= 4 is 33.6 Å². The molecule has 1 rings (SSSR count). The van der Waals surface area contributed by atoms with E-state index in [0.717, 1.165) is 9.20 Å². The van der Waals surface area contributed by atoms with Crippen LogP contribution in [0.15, 0.2) is 29.2 Å².